The summed E-state index contributed by atoms with van der Waals surface area (Å²) in [5.74, 6) is 0. The van der Waals surface area contributed by atoms with Crippen LogP contribution in [0.15, 0.2) is 12.8 Å². The molecule has 0 aromatic rings. The van der Waals surface area contributed by atoms with Crippen molar-refractivity contribution in [3.8, 4) is 0 Å². The second-order valence-corrected chi connectivity index (χ2v) is 5.03. The highest BCUT2D eigenvalue weighted by Gasteiger charge is 2.06. The van der Waals surface area contributed by atoms with Gasteiger partial charge in [0, 0.05) is 6.04 Å². The summed E-state index contributed by atoms with van der Waals surface area (Å²) in [5, 5.41) is 3.68. The van der Waals surface area contributed by atoms with Crippen molar-refractivity contribution < 1.29 is 4.74 Å². The molecule has 0 saturated heterocycles. The van der Waals surface area contributed by atoms with Crippen LogP contribution in [0.4, 0.5) is 0 Å². The van der Waals surface area contributed by atoms with Gasteiger partial charge in [-0.25, -0.2) is 0 Å². The quantitative estimate of drug-likeness (QED) is 0.360. The predicted octanol–water partition coefficient (Wildman–Crippen LogP) is 4.66. The number of nitrogens with one attached hydrogen (secondary N) is 1. The molecule has 2 nitrogen and oxygen atoms in total. The van der Waals surface area contributed by atoms with Crippen LogP contribution in [0.2, 0.25) is 0 Å². The Morgan fingerprint density at radius 2 is 1.61 bits per heavy atom. The molecule has 0 atom stereocenters. The number of hydrogen-bond donors (Lipinski definition) is 1. The summed E-state index contributed by atoms with van der Waals surface area (Å²) in [6.07, 6.45) is 13.4. The van der Waals surface area contributed by atoms with Crippen molar-refractivity contribution in [1.82, 2.24) is 5.32 Å². The lowest BCUT2D eigenvalue weighted by molar-refractivity contribution is 0.241. The molecule has 0 aromatic heterocycles. The van der Waals surface area contributed by atoms with Crippen molar-refractivity contribution in [3.05, 3.63) is 12.8 Å². The largest absolute Gasteiger partial charge is 0.502 e. The summed E-state index contributed by atoms with van der Waals surface area (Å²) < 4.78 is 5.14. The van der Waals surface area contributed by atoms with Gasteiger partial charge in [-0.15, -0.1) is 0 Å². The average molecular weight is 255 g/mol. The van der Waals surface area contributed by atoms with E-state index in [0.717, 1.165) is 19.6 Å². The molecule has 0 amide bonds. The lowest BCUT2D eigenvalue weighted by Gasteiger charge is -2.18. The molecule has 0 radical (unpaired) electrons. The molecule has 18 heavy (non-hydrogen) atoms. The molecule has 0 spiro atoms. The first-order chi connectivity index (χ1) is 8.85. The fourth-order valence-electron chi connectivity index (χ4n) is 2.17. The third-order valence-corrected chi connectivity index (χ3v) is 3.30. The first kappa shape index (κ1) is 17.5. The summed E-state index contributed by atoms with van der Waals surface area (Å²) in [7, 11) is 0. The van der Waals surface area contributed by atoms with Crippen molar-refractivity contribution in [2.45, 2.75) is 77.7 Å². The first-order valence-electron chi connectivity index (χ1n) is 7.81. The SMILES string of the molecule is C=COCCCNC(CCCCC)CCCCC. The van der Waals surface area contributed by atoms with E-state index in [1.165, 1.54) is 57.6 Å². The Morgan fingerprint density at radius 1 is 1.00 bits per heavy atom. The third kappa shape index (κ3) is 12.0. The fourth-order valence-corrected chi connectivity index (χ4v) is 2.17. The zero-order valence-electron chi connectivity index (χ0n) is 12.5. The summed E-state index contributed by atoms with van der Waals surface area (Å²) in [6, 6.07) is 0.715. The van der Waals surface area contributed by atoms with E-state index in [0.29, 0.717) is 6.04 Å². The van der Waals surface area contributed by atoms with Gasteiger partial charge in [0.15, 0.2) is 0 Å². The molecule has 0 aliphatic heterocycles. The van der Waals surface area contributed by atoms with E-state index in [1.807, 2.05) is 0 Å². The maximum Gasteiger partial charge on any atom is 0.0885 e. The molecule has 2 heteroatoms. The van der Waals surface area contributed by atoms with Crippen LogP contribution in [0, 0.1) is 0 Å². The van der Waals surface area contributed by atoms with Gasteiger partial charge in [-0.1, -0.05) is 59.0 Å². The van der Waals surface area contributed by atoms with Gasteiger partial charge >= 0.3 is 0 Å². The molecule has 0 aliphatic carbocycles. The molecule has 1 N–H and O–H groups in total. The van der Waals surface area contributed by atoms with Crippen LogP contribution < -0.4 is 5.32 Å². The van der Waals surface area contributed by atoms with Crippen LogP contribution in [0.3, 0.4) is 0 Å². The predicted molar refractivity (Wildman–Crippen MR) is 80.8 cm³/mol. The van der Waals surface area contributed by atoms with Crippen LogP contribution >= 0.6 is 0 Å². The molecular weight excluding hydrogens is 222 g/mol. The van der Waals surface area contributed by atoms with Gasteiger partial charge in [0.2, 0.25) is 0 Å². The van der Waals surface area contributed by atoms with Crippen molar-refractivity contribution in [3.63, 3.8) is 0 Å². The van der Waals surface area contributed by atoms with Gasteiger partial charge in [0.1, 0.15) is 0 Å². The summed E-state index contributed by atoms with van der Waals surface area (Å²) >= 11 is 0. The van der Waals surface area contributed by atoms with E-state index in [1.54, 1.807) is 0 Å². The smallest absolute Gasteiger partial charge is 0.0885 e. The minimum absolute atomic E-state index is 0.715. The van der Waals surface area contributed by atoms with Gasteiger partial charge in [0.05, 0.1) is 12.9 Å². The normalized spacial score (nSPS) is 10.8. The minimum Gasteiger partial charge on any atom is -0.502 e. The maximum atomic E-state index is 5.14. The summed E-state index contributed by atoms with van der Waals surface area (Å²) in [6.45, 7) is 9.94. The van der Waals surface area contributed by atoms with Crippen molar-refractivity contribution in [2.24, 2.45) is 0 Å². The highest BCUT2D eigenvalue weighted by Crippen LogP contribution is 2.11. The maximum absolute atomic E-state index is 5.14. The summed E-state index contributed by atoms with van der Waals surface area (Å²) in [4.78, 5) is 0. The van der Waals surface area contributed by atoms with Gasteiger partial charge in [0.25, 0.3) is 0 Å². The van der Waals surface area contributed by atoms with E-state index >= 15 is 0 Å². The number of hydrogen-bond acceptors (Lipinski definition) is 2. The highest BCUT2D eigenvalue weighted by molar-refractivity contribution is 4.67. The van der Waals surface area contributed by atoms with Crippen molar-refractivity contribution >= 4 is 0 Å². The molecule has 0 aromatic carbocycles. The second kappa shape index (κ2) is 14.6. The summed E-state index contributed by atoms with van der Waals surface area (Å²) in [5.41, 5.74) is 0. The number of ether oxygens (including phenoxy) is 1. The Morgan fingerprint density at radius 3 is 2.11 bits per heavy atom. The molecular formula is C16H33NO. The van der Waals surface area contributed by atoms with E-state index in [-0.39, 0.29) is 0 Å². The average Bonchev–Trinajstić information content (AvgIpc) is 2.38. The molecule has 108 valence electrons. The monoisotopic (exact) mass is 255 g/mol. The van der Waals surface area contributed by atoms with Gasteiger partial charge < -0.3 is 10.1 Å². The van der Waals surface area contributed by atoms with Gasteiger partial charge in [-0.2, -0.15) is 0 Å². The zero-order chi connectivity index (χ0) is 13.5. The van der Waals surface area contributed by atoms with Crippen LogP contribution in [-0.2, 0) is 4.74 Å². The number of rotatable bonds is 14. The Hall–Kier alpha value is -0.500. The van der Waals surface area contributed by atoms with Crippen LogP contribution in [-0.4, -0.2) is 19.2 Å². The van der Waals surface area contributed by atoms with Crippen molar-refractivity contribution in [1.29, 1.82) is 0 Å². The topological polar surface area (TPSA) is 21.3 Å². The van der Waals surface area contributed by atoms with Crippen LogP contribution in [0.1, 0.15) is 71.6 Å². The minimum atomic E-state index is 0.715. The fraction of sp³-hybridized carbons (Fsp3) is 0.875. The van der Waals surface area contributed by atoms with Gasteiger partial charge in [-0.3, -0.25) is 0 Å². The lowest BCUT2D eigenvalue weighted by Crippen LogP contribution is -2.30. The molecule has 0 heterocycles. The van der Waals surface area contributed by atoms with E-state index < -0.39 is 0 Å². The standard InChI is InChI=1S/C16H33NO/c1-4-7-9-12-16(13-10-8-5-2)17-14-11-15-18-6-3/h6,16-17H,3-5,7-15H2,1-2H3. The van der Waals surface area contributed by atoms with Gasteiger partial charge in [-0.05, 0) is 25.8 Å². The van der Waals surface area contributed by atoms with E-state index in [2.05, 4.69) is 25.7 Å². The molecule has 0 rings (SSSR count). The molecule has 0 bridgehead atoms. The van der Waals surface area contributed by atoms with Crippen LogP contribution in [0.25, 0.3) is 0 Å². The molecule has 0 fully saturated rings. The third-order valence-electron chi connectivity index (χ3n) is 3.30. The van der Waals surface area contributed by atoms with Crippen molar-refractivity contribution in [2.75, 3.05) is 13.2 Å². The lowest BCUT2D eigenvalue weighted by atomic mass is 10.0. The second-order valence-electron chi connectivity index (χ2n) is 5.03. The van der Waals surface area contributed by atoms with Crippen LogP contribution in [0.5, 0.6) is 0 Å². The Labute approximate surface area is 114 Å². The Bertz CT molecular complexity index is 160. The van der Waals surface area contributed by atoms with E-state index in [4.69, 9.17) is 4.74 Å². The number of unbranched alkanes of at least 4 members (excludes halogenated alkanes) is 4. The first-order valence-corrected chi connectivity index (χ1v) is 7.81. The molecule has 0 saturated carbocycles. The Balaban J connectivity index is 3.62. The highest BCUT2D eigenvalue weighted by atomic mass is 16.5. The molecule has 0 aliphatic rings. The molecule has 0 unspecified atom stereocenters. The van der Waals surface area contributed by atoms with E-state index in [9.17, 15) is 0 Å². The zero-order valence-corrected chi connectivity index (χ0v) is 12.5. The Kier molecular flexibility index (Phi) is 14.2.